The van der Waals surface area contributed by atoms with Gasteiger partial charge in [0.05, 0.1) is 29.1 Å². The van der Waals surface area contributed by atoms with Gasteiger partial charge in [-0.1, -0.05) is 0 Å². The van der Waals surface area contributed by atoms with E-state index >= 15 is 0 Å². The maximum atomic E-state index is 13.1. The molecule has 0 fully saturated rings. The van der Waals surface area contributed by atoms with E-state index in [1.807, 2.05) is 0 Å². The third-order valence-electron chi connectivity index (χ3n) is 3.48. The number of anilines is 1. The van der Waals surface area contributed by atoms with Crippen molar-refractivity contribution in [1.82, 2.24) is 14.8 Å². The van der Waals surface area contributed by atoms with E-state index in [-0.39, 0.29) is 17.2 Å². The van der Waals surface area contributed by atoms with Crippen LogP contribution in [-0.4, -0.2) is 20.7 Å². The number of nitrogens with one attached hydrogen (secondary N) is 1. The number of hydrogen-bond donors (Lipinski definition) is 1. The fourth-order valence-electron chi connectivity index (χ4n) is 2.23. The highest BCUT2D eigenvalue weighted by Gasteiger charge is 2.34. The molecule has 0 radical (unpaired) electrons. The first-order valence-corrected chi connectivity index (χ1v) is 7.38. The minimum Gasteiger partial charge on any atom is -0.305 e. The fourth-order valence-corrected chi connectivity index (χ4v) is 2.23. The van der Waals surface area contributed by atoms with Crippen LogP contribution in [0.1, 0.15) is 21.6 Å². The number of halogens is 4. The van der Waals surface area contributed by atoms with Crippen LogP contribution in [0.15, 0.2) is 48.8 Å². The highest BCUT2D eigenvalue weighted by molar-refractivity contribution is 6.02. The quantitative estimate of drug-likeness (QED) is 0.710. The van der Waals surface area contributed by atoms with Gasteiger partial charge in [0.2, 0.25) is 0 Å². The average molecular weight is 375 g/mol. The number of rotatable bonds is 3. The number of nitrogens with zero attached hydrogens (tertiary/aromatic N) is 4. The molecule has 0 saturated carbocycles. The van der Waals surface area contributed by atoms with Gasteiger partial charge in [-0.05, 0) is 36.4 Å². The summed E-state index contributed by atoms with van der Waals surface area (Å²) < 4.78 is 53.1. The summed E-state index contributed by atoms with van der Waals surface area (Å²) >= 11 is 0. The lowest BCUT2D eigenvalue weighted by atomic mass is 10.1. The van der Waals surface area contributed by atoms with Gasteiger partial charge in [-0.25, -0.2) is 14.1 Å². The Morgan fingerprint density at radius 3 is 2.59 bits per heavy atom. The molecule has 2 heterocycles. The third kappa shape index (κ3) is 3.92. The molecule has 0 spiro atoms. The third-order valence-corrected chi connectivity index (χ3v) is 3.48. The number of carbonyl (C=O) groups excluding carboxylic acids is 1. The molecule has 1 N–H and O–H groups in total. The summed E-state index contributed by atoms with van der Waals surface area (Å²) in [5.74, 6) is -1.15. The first-order chi connectivity index (χ1) is 12.8. The van der Waals surface area contributed by atoms with Crippen LogP contribution in [0.2, 0.25) is 0 Å². The Balaban J connectivity index is 1.86. The van der Waals surface area contributed by atoms with Gasteiger partial charge < -0.3 is 5.32 Å². The molecule has 27 heavy (non-hydrogen) atoms. The molecule has 0 aliphatic heterocycles. The summed E-state index contributed by atoms with van der Waals surface area (Å²) in [4.78, 5) is 15.8. The molecule has 1 aromatic carbocycles. The van der Waals surface area contributed by atoms with Gasteiger partial charge in [0.15, 0.2) is 5.69 Å². The lowest BCUT2D eigenvalue weighted by Gasteiger charge is -2.10. The molecule has 0 unspecified atom stereocenters. The van der Waals surface area contributed by atoms with Crippen LogP contribution in [0.3, 0.4) is 0 Å². The largest absolute Gasteiger partial charge is 0.417 e. The fraction of sp³-hybridized carbons (Fsp3) is 0.0588. The van der Waals surface area contributed by atoms with E-state index in [0.29, 0.717) is 0 Å². The van der Waals surface area contributed by atoms with E-state index in [4.69, 9.17) is 5.26 Å². The second-order valence-corrected chi connectivity index (χ2v) is 5.30. The highest BCUT2D eigenvalue weighted by atomic mass is 19.4. The lowest BCUT2D eigenvalue weighted by molar-refractivity contribution is -0.137. The Labute approximate surface area is 149 Å². The van der Waals surface area contributed by atoms with Crippen molar-refractivity contribution in [3.05, 3.63) is 71.4 Å². The van der Waals surface area contributed by atoms with Crippen LogP contribution in [0.25, 0.3) is 5.69 Å². The van der Waals surface area contributed by atoms with Gasteiger partial charge in [0, 0.05) is 6.20 Å². The van der Waals surface area contributed by atoms with Crippen molar-refractivity contribution >= 4 is 11.7 Å². The summed E-state index contributed by atoms with van der Waals surface area (Å²) in [6.45, 7) is 0. The van der Waals surface area contributed by atoms with Crippen molar-refractivity contribution < 1.29 is 22.4 Å². The molecular weight excluding hydrogens is 366 g/mol. The summed E-state index contributed by atoms with van der Waals surface area (Å²) in [6.07, 6.45) is -2.49. The monoisotopic (exact) mass is 375 g/mol. The van der Waals surface area contributed by atoms with Crippen molar-refractivity contribution in [2.24, 2.45) is 0 Å². The molecule has 0 saturated heterocycles. The van der Waals surface area contributed by atoms with Gasteiger partial charge in [-0.15, -0.1) is 0 Å². The molecule has 0 bridgehead atoms. The second-order valence-electron chi connectivity index (χ2n) is 5.30. The lowest BCUT2D eigenvalue weighted by Crippen LogP contribution is -2.14. The van der Waals surface area contributed by atoms with Crippen LogP contribution >= 0.6 is 0 Å². The molecule has 3 rings (SSSR count). The summed E-state index contributed by atoms with van der Waals surface area (Å²) in [5.41, 5.74) is -1.67. The first kappa shape index (κ1) is 18.1. The Morgan fingerprint density at radius 2 is 1.96 bits per heavy atom. The average Bonchev–Trinajstić information content (AvgIpc) is 3.12. The summed E-state index contributed by atoms with van der Waals surface area (Å²) in [5, 5.41) is 15.1. The Morgan fingerprint density at radius 1 is 1.19 bits per heavy atom. The van der Waals surface area contributed by atoms with Crippen LogP contribution in [-0.2, 0) is 6.18 Å². The number of benzene rings is 1. The molecule has 0 atom stereocenters. The Hall–Kier alpha value is -3.74. The zero-order valence-corrected chi connectivity index (χ0v) is 13.3. The highest BCUT2D eigenvalue weighted by Crippen LogP contribution is 2.33. The molecule has 1 amide bonds. The van der Waals surface area contributed by atoms with Gasteiger partial charge in [0.25, 0.3) is 5.91 Å². The SMILES string of the molecule is N#Cc1ccc(-n2ccc(C(=O)Nc3ccc(F)cn3)n2)cc1C(F)(F)F. The second kappa shape index (κ2) is 6.87. The predicted molar refractivity (Wildman–Crippen MR) is 85.4 cm³/mol. The van der Waals surface area contributed by atoms with E-state index in [0.717, 1.165) is 29.1 Å². The molecule has 0 aliphatic rings. The number of alkyl halides is 3. The first-order valence-electron chi connectivity index (χ1n) is 7.38. The van der Waals surface area contributed by atoms with Crippen LogP contribution in [0.4, 0.5) is 23.4 Å². The van der Waals surface area contributed by atoms with Crippen molar-refractivity contribution in [3.8, 4) is 11.8 Å². The van der Waals surface area contributed by atoms with Crippen LogP contribution in [0.5, 0.6) is 0 Å². The molecule has 136 valence electrons. The van der Waals surface area contributed by atoms with E-state index in [1.165, 1.54) is 30.5 Å². The van der Waals surface area contributed by atoms with E-state index in [2.05, 4.69) is 15.4 Å². The van der Waals surface area contributed by atoms with E-state index < -0.39 is 29.0 Å². The van der Waals surface area contributed by atoms with Crippen LogP contribution < -0.4 is 5.32 Å². The van der Waals surface area contributed by atoms with Crippen molar-refractivity contribution in [2.75, 3.05) is 5.32 Å². The number of hydrogen-bond acceptors (Lipinski definition) is 4. The predicted octanol–water partition coefficient (Wildman–Crippen LogP) is 3.55. The number of nitriles is 1. The maximum Gasteiger partial charge on any atom is 0.417 e. The number of aromatic nitrogens is 3. The minimum absolute atomic E-state index is 0.0280. The summed E-state index contributed by atoms with van der Waals surface area (Å²) in [6, 6.07) is 8.23. The summed E-state index contributed by atoms with van der Waals surface area (Å²) in [7, 11) is 0. The zero-order valence-electron chi connectivity index (χ0n) is 13.3. The number of amides is 1. The molecule has 0 aliphatic carbocycles. The maximum absolute atomic E-state index is 13.1. The molecule has 3 aromatic rings. The van der Waals surface area contributed by atoms with E-state index in [9.17, 15) is 22.4 Å². The van der Waals surface area contributed by atoms with Gasteiger partial charge in [0.1, 0.15) is 11.6 Å². The number of carbonyl (C=O) groups is 1. The van der Waals surface area contributed by atoms with E-state index in [1.54, 1.807) is 0 Å². The Kier molecular flexibility index (Phi) is 4.60. The Bertz CT molecular complexity index is 1030. The molecule has 10 heteroatoms. The van der Waals surface area contributed by atoms with Crippen LogP contribution in [0, 0.1) is 17.1 Å². The topological polar surface area (TPSA) is 83.6 Å². The zero-order chi connectivity index (χ0) is 19.6. The standard InChI is InChI=1S/C17H9F4N5O/c18-11-2-4-15(23-9-11)24-16(27)14-5-6-26(25-14)12-3-1-10(8-22)13(7-12)17(19,20)21/h1-7,9H,(H,23,24,27). The number of pyridine rings is 1. The van der Waals surface area contributed by atoms with Gasteiger partial charge >= 0.3 is 6.18 Å². The normalized spacial score (nSPS) is 11.1. The molecule has 2 aromatic heterocycles. The van der Waals surface area contributed by atoms with Crippen molar-refractivity contribution in [3.63, 3.8) is 0 Å². The smallest absolute Gasteiger partial charge is 0.305 e. The van der Waals surface area contributed by atoms with Crippen molar-refractivity contribution in [1.29, 1.82) is 5.26 Å². The minimum atomic E-state index is -4.71. The van der Waals surface area contributed by atoms with Gasteiger partial charge in [-0.3, -0.25) is 4.79 Å². The van der Waals surface area contributed by atoms with Gasteiger partial charge in [-0.2, -0.15) is 23.5 Å². The molecule has 6 nitrogen and oxygen atoms in total. The van der Waals surface area contributed by atoms with Crippen molar-refractivity contribution in [2.45, 2.75) is 6.18 Å². The molecular formula is C17H9F4N5O.